The second-order valence-electron chi connectivity index (χ2n) is 4.98. The lowest BCUT2D eigenvalue weighted by Gasteiger charge is -2.07. The fourth-order valence-corrected chi connectivity index (χ4v) is 2.13. The molecule has 1 amide bonds. The zero-order valence-corrected chi connectivity index (χ0v) is 13.0. The number of ketones is 1. The monoisotopic (exact) mass is 328 g/mol. The summed E-state index contributed by atoms with van der Waals surface area (Å²) in [6.45, 7) is 0. The van der Waals surface area contributed by atoms with E-state index in [4.69, 9.17) is 4.74 Å². The smallest absolute Gasteiger partial charge is 0.312 e. The number of carbonyl (C=O) groups is 2. The van der Waals surface area contributed by atoms with Gasteiger partial charge < -0.3 is 10.1 Å². The first-order valence-corrected chi connectivity index (χ1v) is 7.22. The molecular formula is C17H16N2O5. The Labute approximate surface area is 138 Å². The largest absolute Gasteiger partial charge is 0.490 e. The average molecular weight is 328 g/mol. The van der Waals surface area contributed by atoms with Crippen molar-refractivity contribution in [3.05, 3.63) is 64.2 Å². The SMILES string of the molecule is COc1ccc(NC(=O)CCC(=O)c2ccccc2)cc1[N+](=O)[O-]. The van der Waals surface area contributed by atoms with Crippen molar-refractivity contribution < 1.29 is 19.2 Å². The van der Waals surface area contributed by atoms with E-state index in [1.165, 1.54) is 25.3 Å². The lowest BCUT2D eigenvalue weighted by Crippen LogP contribution is -2.13. The first-order chi connectivity index (χ1) is 11.5. The summed E-state index contributed by atoms with van der Waals surface area (Å²) in [4.78, 5) is 34.2. The topological polar surface area (TPSA) is 98.5 Å². The van der Waals surface area contributed by atoms with Crippen LogP contribution in [0.25, 0.3) is 0 Å². The number of nitro benzene ring substituents is 1. The van der Waals surface area contributed by atoms with Crippen molar-refractivity contribution >= 4 is 23.1 Å². The molecule has 2 rings (SSSR count). The van der Waals surface area contributed by atoms with Crippen LogP contribution in [0.5, 0.6) is 5.75 Å². The van der Waals surface area contributed by atoms with Gasteiger partial charge >= 0.3 is 5.69 Å². The number of anilines is 1. The van der Waals surface area contributed by atoms with Crippen molar-refractivity contribution in [2.24, 2.45) is 0 Å². The average Bonchev–Trinajstić information content (AvgIpc) is 2.60. The van der Waals surface area contributed by atoms with Crippen LogP contribution in [0.15, 0.2) is 48.5 Å². The highest BCUT2D eigenvalue weighted by atomic mass is 16.6. The van der Waals surface area contributed by atoms with E-state index in [9.17, 15) is 19.7 Å². The molecule has 0 aliphatic carbocycles. The summed E-state index contributed by atoms with van der Waals surface area (Å²) < 4.78 is 4.90. The van der Waals surface area contributed by atoms with Gasteiger partial charge in [-0.1, -0.05) is 30.3 Å². The molecule has 0 heterocycles. The van der Waals surface area contributed by atoms with E-state index in [1.54, 1.807) is 30.3 Å². The van der Waals surface area contributed by atoms with Gasteiger partial charge in [0.1, 0.15) is 0 Å². The second-order valence-corrected chi connectivity index (χ2v) is 4.98. The van der Waals surface area contributed by atoms with E-state index in [0.717, 1.165) is 0 Å². The number of nitrogens with zero attached hydrogens (tertiary/aromatic N) is 1. The summed E-state index contributed by atoms with van der Waals surface area (Å²) in [7, 11) is 1.33. The lowest BCUT2D eigenvalue weighted by molar-refractivity contribution is -0.385. The Morgan fingerprint density at radius 2 is 1.83 bits per heavy atom. The van der Waals surface area contributed by atoms with Crippen molar-refractivity contribution in [1.82, 2.24) is 0 Å². The third-order valence-corrected chi connectivity index (χ3v) is 3.33. The van der Waals surface area contributed by atoms with Crippen LogP contribution in [0.4, 0.5) is 11.4 Å². The third-order valence-electron chi connectivity index (χ3n) is 3.33. The number of nitro groups is 1. The minimum absolute atomic E-state index is 0.00639. The highest BCUT2D eigenvalue weighted by Gasteiger charge is 2.16. The van der Waals surface area contributed by atoms with E-state index in [0.29, 0.717) is 5.56 Å². The Hall–Kier alpha value is -3.22. The van der Waals surface area contributed by atoms with Crippen molar-refractivity contribution in [3.8, 4) is 5.75 Å². The maximum Gasteiger partial charge on any atom is 0.312 e. The normalized spacial score (nSPS) is 10.0. The van der Waals surface area contributed by atoms with Crippen LogP contribution < -0.4 is 10.1 Å². The molecule has 0 aliphatic rings. The molecule has 0 aliphatic heterocycles. The maximum absolute atomic E-state index is 11.9. The van der Waals surface area contributed by atoms with Gasteiger partial charge in [-0.15, -0.1) is 0 Å². The van der Waals surface area contributed by atoms with E-state index in [1.807, 2.05) is 0 Å². The summed E-state index contributed by atoms with van der Waals surface area (Å²) >= 11 is 0. The predicted molar refractivity (Wildman–Crippen MR) is 88.3 cm³/mol. The number of ether oxygens (including phenoxy) is 1. The van der Waals surface area contributed by atoms with Crippen molar-refractivity contribution in [2.75, 3.05) is 12.4 Å². The summed E-state index contributed by atoms with van der Waals surface area (Å²) in [6, 6.07) is 12.8. The quantitative estimate of drug-likeness (QED) is 0.478. The second kappa shape index (κ2) is 7.87. The molecule has 7 nitrogen and oxygen atoms in total. The van der Waals surface area contributed by atoms with E-state index in [-0.39, 0.29) is 35.7 Å². The molecule has 7 heteroatoms. The minimum Gasteiger partial charge on any atom is -0.490 e. The summed E-state index contributed by atoms with van der Waals surface area (Å²) in [5, 5.41) is 13.5. The molecule has 0 saturated carbocycles. The Morgan fingerprint density at radius 1 is 1.12 bits per heavy atom. The molecular weight excluding hydrogens is 312 g/mol. The van der Waals surface area contributed by atoms with E-state index in [2.05, 4.69) is 5.32 Å². The van der Waals surface area contributed by atoms with E-state index < -0.39 is 10.8 Å². The molecule has 2 aromatic rings. The Kier molecular flexibility index (Phi) is 5.62. The molecule has 24 heavy (non-hydrogen) atoms. The molecule has 0 saturated heterocycles. The van der Waals surface area contributed by atoms with Gasteiger partial charge in [-0.3, -0.25) is 19.7 Å². The number of benzene rings is 2. The minimum atomic E-state index is -0.590. The van der Waals surface area contributed by atoms with Crippen molar-refractivity contribution in [2.45, 2.75) is 12.8 Å². The number of nitrogens with one attached hydrogen (secondary N) is 1. The maximum atomic E-state index is 11.9. The molecule has 0 atom stereocenters. The molecule has 0 fully saturated rings. The number of carbonyl (C=O) groups excluding carboxylic acids is 2. The van der Waals surface area contributed by atoms with Gasteiger partial charge in [0.05, 0.1) is 12.0 Å². The third kappa shape index (κ3) is 4.39. The molecule has 1 N–H and O–H groups in total. The van der Waals surface area contributed by atoms with Gasteiger partial charge in [0.15, 0.2) is 11.5 Å². The van der Waals surface area contributed by atoms with Gasteiger partial charge in [0, 0.05) is 30.2 Å². The fourth-order valence-electron chi connectivity index (χ4n) is 2.13. The molecule has 124 valence electrons. The van der Waals surface area contributed by atoms with Gasteiger partial charge in [-0.25, -0.2) is 0 Å². The van der Waals surface area contributed by atoms with Crippen molar-refractivity contribution in [1.29, 1.82) is 0 Å². The van der Waals surface area contributed by atoms with Crippen LogP contribution in [0, 0.1) is 10.1 Å². The van der Waals surface area contributed by atoms with Crippen LogP contribution in [-0.2, 0) is 4.79 Å². The van der Waals surface area contributed by atoms with E-state index >= 15 is 0 Å². The van der Waals surface area contributed by atoms with Crippen molar-refractivity contribution in [3.63, 3.8) is 0 Å². The number of methoxy groups -OCH3 is 1. The number of rotatable bonds is 7. The number of hydrogen-bond donors (Lipinski definition) is 1. The van der Waals surface area contributed by atoms with Gasteiger partial charge in [-0.2, -0.15) is 0 Å². The predicted octanol–water partition coefficient (Wildman–Crippen LogP) is 3.21. The first-order valence-electron chi connectivity index (χ1n) is 7.22. The van der Waals surface area contributed by atoms with Gasteiger partial charge in [0.25, 0.3) is 0 Å². The highest BCUT2D eigenvalue weighted by molar-refractivity contribution is 6.00. The van der Waals surface area contributed by atoms with Crippen LogP contribution >= 0.6 is 0 Å². The van der Waals surface area contributed by atoms with Gasteiger partial charge in [0.2, 0.25) is 5.91 Å². The molecule has 0 radical (unpaired) electrons. The molecule has 0 bridgehead atoms. The Morgan fingerprint density at radius 3 is 2.46 bits per heavy atom. The molecule has 0 aromatic heterocycles. The summed E-state index contributed by atoms with van der Waals surface area (Å²) in [5.41, 5.74) is 0.584. The Balaban J connectivity index is 1.96. The van der Waals surface area contributed by atoms with Gasteiger partial charge in [-0.05, 0) is 12.1 Å². The number of amides is 1. The van der Waals surface area contributed by atoms with Crippen LogP contribution in [0.3, 0.4) is 0 Å². The lowest BCUT2D eigenvalue weighted by atomic mass is 10.1. The number of hydrogen-bond acceptors (Lipinski definition) is 5. The highest BCUT2D eigenvalue weighted by Crippen LogP contribution is 2.29. The van der Waals surface area contributed by atoms with Crippen LogP contribution in [-0.4, -0.2) is 23.7 Å². The molecule has 0 unspecified atom stereocenters. The fraction of sp³-hybridized carbons (Fsp3) is 0.176. The zero-order valence-electron chi connectivity index (χ0n) is 13.0. The first kappa shape index (κ1) is 17.1. The molecule has 0 spiro atoms. The standard InChI is InChI=1S/C17H16N2O5/c1-24-16-9-7-13(11-14(16)19(22)23)18-17(21)10-8-15(20)12-5-3-2-4-6-12/h2-7,9,11H,8,10H2,1H3,(H,18,21). The Bertz CT molecular complexity index is 759. The summed E-state index contributed by atoms with van der Waals surface area (Å²) in [5.74, 6) is -0.414. The van der Waals surface area contributed by atoms with Crippen LogP contribution in [0.2, 0.25) is 0 Å². The summed E-state index contributed by atoms with van der Waals surface area (Å²) in [6.07, 6.45) is 0.0572. The number of Topliss-reactive ketones (excluding diaryl/α,β-unsaturated/α-hetero) is 1. The zero-order chi connectivity index (χ0) is 17.5. The van der Waals surface area contributed by atoms with Crippen LogP contribution in [0.1, 0.15) is 23.2 Å². The molecule has 2 aromatic carbocycles.